The standard InChI is InChI=1S/C27H29ClO7S/c1-5-8-18-13-23-20(26(33-17(4)29)16(3)27(31)35-23)15-22(18)32-11-7-12-36-24-10-9-19(14-21(24)28)34-25(30)6-2/h9-10,13-15H,5-8,11-12H2,1-4H3. The fourth-order valence-electron chi connectivity index (χ4n) is 3.50. The number of thioether (sulfide) groups is 1. The molecule has 0 fully saturated rings. The summed E-state index contributed by atoms with van der Waals surface area (Å²) in [4.78, 5) is 36.2. The Kier molecular flexibility index (Phi) is 9.84. The van der Waals surface area contributed by atoms with Crippen molar-refractivity contribution in [3.8, 4) is 17.2 Å². The molecule has 0 aliphatic carbocycles. The van der Waals surface area contributed by atoms with Crippen LogP contribution < -0.4 is 19.8 Å². The molecule has 2 aromatic carbocycles. The van der Waals surface area contributed by atoms with E-state index >= 15 is 0 Å². The molecule has 0 aliphatic heterocycles. The SMILES string of the molecule is CCCc1cc2oc(=O)c(C)c(OC(C)=O)c2cc1OCCCSc1ccc(OC(=O)CC)cc1Cl. The first kappa shape index (κ1) is 27.6. The Morgan fingerprint density at radius 1 is 1.11 bits per heavy atom. The third-order valence-electron chi connectivity index (χ3n) is 5.25. The van der Waals surface area contributed by atoms with Gasteiger partial charge in [-0.2, -0.15) is 0 Å². The van der Waals surface area contributed by atoms with E-state index in [4.69, 9.17) is 30.2 Å². The summed E-state index contributed by atoms with van der Waals surface area (Å²) in [6, 6.07) is 8.76. The molecule has 0 radical (unpaired) electrons. The minimum atomic E-state index is -0.540. The van der Waals surface area contributed by atoms with Crippen molar-refractivity contribution in [1.29, 1.82) is 0 Å². The Morgan fingerprint density at radius 3 is 2.56 bits per heavy atom. The van der Waals surface area contributed by atoms with Crippen molar-refractivity contribution in [2.75, 3.05) is 12.4 Å². The molecule has 0 atom stereocenters. The molecule has 0 unspecified atom stereocenters. The molecular weight excluding hydrogens is 504 g/mol. The Labute approximate surface area is 219 Å². The first-order valence-electron chi connectivity index (χ1n) is 11.8. The normalized spacial score (nSPS) is 10.9. The van der Waals surface area contributed by atoms with Crippen molar-refractivity contribution in [2.45, 2.75) is 58.3 Å². The van der Waals surface area contributed by atoms with Gasteiger partial charge in [0.15, 0.2) is 5.75 Å². The molecule has 9 heteroatoms. The van der Waals surface area contributed by atoms with E-state index in [2.05, 4.69) is 6.92 Å². The van der Waals surface area contributed by atoms with Crippen molar-refractivity contribution < 1.29 is 28.2 Å². The van der Waals surface area contributed by atoms with Gasteiger partial charge in [0, 0.05) is 30.1 Å². The maximum atomic E-state index is 12.2. The Morgan fingerprint density at radius 2 is 1.89 bits per heavy atom. The zero-order valence-electron chi connectivity index (χ0n) is 20.8. The first-order chi connectivity index (χ1) is 17.2. The van der Waals surface area contributed by atoms with Crippen LogP contribution in [0.3, 0.4) is 0 Å². The molecule has 0 saturated carbocycles. The summed E-state index contributed by atoms with van der Waals surface area (Å²) in [6.07, 6.45) is 2.67. The zero-order chi connectivity index (χ0) is 26.2. The topological polar surface area (TPSA) is 92.0 Å². The van der Waals surface area contributed by atoms with Crippen molar-refractivity contribution in [3.05, 3.63) is 56.9 Å². The van der Waals surface area contributed by atoms with Crippen LogP contribution in [0.15, 0.2) is 44.4 Å². The van der Waals surface area contributed by atoms with Gasteiger partial charge in [-0.1, -0.05) is 31.9 Å². The van der Waals surface area contributed by atoms with Crippen LogP contribution in [0.2, 0.25) is 5.02 Å². The van der Waals surface area contributed by atoms with Gasteiger partial charge < -0.3 is 18.6 Å². The molecule has 0 aliphatic rings. The van der Waals surface area contributed by atoms with Crippen molar-refractivity contribution in [2.24, 2.45) is 0 Å². The second-order valence-electron chi connectivity index (χ2n) is 8.11. The average molecular weight is 533 g/mol. The molecule has 3 aromatic rings. The van der Waals surface area contributed by atoms with Crippen LogP contribution in [-0.2, 0) is 16.0 Å². The molecule has 192 valence electrons. The number of hydrogen-bond acceptors (Lipinski definition) is 8. The van der Waals surface area contributed by atoms with Crippen LogP contribution in [0.4, 0.5) is 0 Å². The summed E-state index contributed by atoms with van der Waals surface area (Å²) in [7, 11) is 0. The van der Waals surface area contributed by atoms with Crippen LogP contribution in [0.25, 0.3) is 11.0 Å². The third kappa shape index (κ3) is 7.04. The van der Waals surface area contributed by atoms with Crippen molar-refractivity contribution in [1.82, 2.24) is 0 Å². The largest absolute Gasteiger partial charge is 0.493 e. The highest BCUT2D eigenvalue weighted by atomic mass is 35.5. The van der Waals surface area contributed by atoms with Gasteiger partial charge in [0.1, 0.15) is 17.1 Å². The van der Waals surface area contributed by atoms with Gasteiger partial charge in [-0.3, -0.25) is 9.59 Å². The molecule has 0 bridgehead atoms. The lowest BCUT2D eigenvalue weighted by atomic mass is 10.0. The summed E-state index contributed by atoms with van der Waals surface area (Å²) in [6.45, 7) is 7.09. The van der Waals surface area contributed by atoms with Crippen LogP contribution in [-0.4, -0.2) is 24.3 Å². The van der Waals surface area contributed by atoms with E-state index in [0.717, 1.165) is 35.5 Å². The number of rotatable bonds is 11. The quantitative estimate of drug-likeness (QED) is 0.0907. The van der Waals surface area contributed by atoms with E-state index in [0.29, 0.717) is 40.5 Å². The van der Waals surface area contributed by atoms with E-state index in [1.165, 1.54) is 6.92 Å². The summed E-state index contributed by atoms with van der Waals surface area (Å²) in [5.74, 6) is 1.22. The van der Waals surface area contributed by atoms with Gasteiger partial charge in [0.05, 0.1) is 22.6 Å². The number of hydrogen-bond donors (Lipinski definition) is 0. The van der Waals surface area contributed by atoms with Crippen molar-refractivity contribution in [3.63, 3.8) is 0 Å². The summed E-state index contributed by atoms with van der Waals surface area (Å²) < 4.78 is 22.1. The molecule has 3 rings (SSSR count). The van der Waals surface area contributed by atoms with E-state index in [1.54, 1.807) is 49.9 Å². The van der Waals surface area contributed by atoms with Gasteiger partial charge in [-0.25, -0.2) is 4.79 Å². The number of aryl methyl sites for hydroxylation is 1. The highest BCUT2D eigenvalue weighted by Gasteiger charge is 2.18. The smallest absolute Gasteiger partial charge is 0.342 e. The molecule has 0 saturated heterocycles. The third-order valence-corrected chi connectivity index (χ3v) is 6.83. The maximum absolute atomic E-state index is 12.2. The Bertz CT molecular complexity index is 1320. The number of benzene rings is 2. The minimum Gasteiger partial charge on any atom is -0.493 e. The summed E-state index contributed by atoms with van der Waals surface area (Å²) in [5, 5.41) is 1.04. The Balaban J connectivity index is 1.69. The highest BCUT2D eigenvalue weighted by molar-refractivity contribution is 7.99. The van der Waals surface area contributed by atoms with E-state index in [1.807, 2.05) is 6.07 Å². The predicted molar refractivity (Wildman–Crippen MR) is 141 cm³/mol. The maximum Gasteiger partial charge on any atom is 0.342 e. The molecule has 36 heavy (non-hydrogen) atoms. The number of carbonyl (C=O) groups is 2. The lowest BCUT2D eigenvalue weighted by molar-refractivity contribution is -0.134. The van der Waals surface area contributed by atoms with Crippen LogP contribution in [0.1, 0.15) is 51.2 Å². The Hall–Kier alpha value is -2.97. The van der Waals surface area contributed by atoms with E-state index in [-0.39, 0.29) is 17.3 Å². The molecule has 1 heterocycles. The number of carbonyl (C=O) groups excluding carboxylic acids is 2. The zero-order valence-corrected chi connectivity index (χ0v) is 22.3. The summed E-state index contributed by atoms with van der Waals surface area (Å²) >= 11 is 7.93. The van der Waals surface area contributed by atoms with Gasteiger partial charge >= 0.3 is 17.6 Å². The molecule has 0 spiro atoms. The van der Waals surface area contributed by atoms with Crippen LogP contribution in [0.5, 0.6) is 17.2 Å². The highest BCUT2D eigenvalue weighted by Crippen LogP contribution is 2.35. The molecule has 0 N–H and O–H groups in total. The van der Waals surface area contributed by atoms with Crippen LogP contribution in [0, 0.1) is 6.92 Å². The number of esters is 2. The fraction of sp³-hybridized carbons (Fsp3) is 0.370. The van der Waals surface area contributed by atoms with Crippen molar-refractivity contribution >= 4 is 46.3 Å². The first-order valence-corrected chi connectivity index (χ1v) is 13.1. The van der Waals surface area contributed by atoms with Crippen LogP contribution >= 0.6 is 23.4 Å². The fourth-order valence-corrected chi connectivity index (χ4v) is 4.68. The molecule has 1 aromatic heterocycles. The minimum absolute atomic E-state index is 0.194. The monoisotopic (exact) mass is 532 g/mol. The van der Waals surface area contributed by atoms with Gasteiger partial charge in [0.2, 0.25) is 0 Å². The number of fused-ring (bicyclic) bond motifs is 1. The van der Waals surface area contributed by atoms with Gasteiger partial charge in [0.25, 0.3) is 0 Å². The molecule has 0 amide bonds. The molecule has 7 nitrogen and oxygen atoms in total. The average Bonchev–Trinajstić information content (AvgIpc) is 2.83. The van der Waals surface area contributed by atoms with Gasteiger partial charge in [-0.05, 0) is 49.6 Å². The van der Waals surface area contributed by atoms with Gasteiger partial charge in [-0.15, -0.1) is 11.8 Å². The number of halogens is 1. The second kappa shape index (κ2) is 12.8. The lowest BCUT2D eigenvalue weighted by Gasteiger charge is -2.15. The van der Waals surface area contributed by atoms with E-state index in [9.17, 15) is 14.4 Å². The second-order valence-corrected chi connectivity index (χ2v) is 9.66. The molecular formula is C27H29ClO7S. The summed E-state index contributed by atoms with van der Waals surface area (Å²) in [5.41, 5.74) is 0.965. The number of ether oxygens (including phenoxy) is 3. The van der Waals surface area contributed by atoms with E-state index < -0.39 is 11.6 Å². The lowest BCUT2D eigenvalue weighted by Crippen LogP contribution is -2.11. The predicted octanol–water partition coefficient (Wildman–Crippen LogP) is 6.51.